The predicted octanol–water partition coefficient (Wildman–Crippen LogP) is -0.105. The van der Waals surface area contributed by atoms with Gasteiger partial charge in [-0.25, -0.2) is 0 Å². The van der Waals surface area contributed by atoms with Gasteiger partial charge in [-0.3, -0.25) is 9.59 Å². The lowest BCUT2D eigenvalue weighted by Gasteiger charge is -2.16. The minimum atomic E-state index is -0.693. The molecule has 0 saturated heterocycles. The number of hydrogen-bond donors (Lipinski definition) is 3. The second-order valence-corrected chi connectivity index (χ2v) is 3.76. The van der Waals surface area contributed by atoms with Crippen molar-refractivity contribution in [3.8, 4) is 0 Å². The molecule has 2 atom stereocenters. The maximum Gasteiger partial charge on any atom is 0.287 e. The molecule has 1 aromatic heterocycles. The number of nitrogens with one attached hydrogen (secondary N) is 2. The van der Waals surface area contributed by atoms with Gasteiger partial charge in [-0.1, -0.05) is 0 Å². The van der Waals surface area contributed by atoms with Crippen molar-refractivity contribution >= 4 is 11.8 Å². The van der Waals surface area contributed by atoms with E-state index in [0.29, 0.717) is 0 Å². The highest BCUT2D eigenvalue weighted by atomic mass is 16.3. The second-order valence-electron chi connectivity index (χ2n) is 3.76. The van der Waals surface area contributed by atoms with Crippen molar-refractivity contribution < 1.29 is 19.1 Å². The Kier molecular flexibility index (Phi) is 4.71. The van der Waals surface area contributed by atoms with Crippen LogP contribution in [0.2, 0.25) is 0 Å². The molecule has 0 fully saturated rings. The first-order valence-corrected chi connectivity index (χ1v) is 5.30. The average molecular weight is 240 g/mol. The number of furan rings is 1. The number of carbonyl (C=O) groups is 2. The van der Waals surface area contributed by atoms with E-state index in [0.717, 1.165) is 0 Å². The number of aliphatic hydroxyl groups is 1. The number of carbonyl (C=O) groups excluding carboxylic acids is 2. The molecule has 6 heteroatoms. The molecule has 1 rings (SSSR count). The molecule has 0 bridgehead atoms. The van der Waals surface area contributed by atoms with Gasteiger partial charge in [0.1, 0.15) is 6.04 Å². The Labute approximate surface area is 99.0 Å². The van der Waals surface area contributed by atoms with Crippen LogP contribution in [0.25, 0.3) is 0 Å². The van der Waals surface area contributed by atoms with E-state index in [4.69, 9.17) is 9.52 Å². The standard InChI is InChI=1S/C11H16N2O4/c1-7(6-14)12-10(15)8(2)13-11(16)9-4-3-5-17-9/h3-5,7-8,14H,6H2,1-2H3,(H,12,15)(H,13,16). The molecule has 0 aromatic carbocycles. The molecule has 0 saturated carbocycles. The Balaban J connectivity index is 2.46. The van der Waals surface area contributed by atoms with Crippen molar-refractivity contribution in [1.29, 1.82) is 0 Å². The van der Waals surface area contributed by atoms with E-state index >= 15 is 0 Å². The molecule has 2 unspecified atom stereocenters. The van der Waals surface area contributed by atoms with Gasteiger partial charge in [0.15, 0.2) is 5.76 Å². The van der Waals surface area contributed by atoms with Crippen molar-refractivity contribution in [2.75, 3.05) is 6.61 Å². The van der Waals surface area contributed by atoms with Crippen molar-refractivity contribution in [2.45, 2.75) is 25.9 Å². The molecular formula is C11H16N2O4. The van der Waals surface area contributed by atoms with Crippen LogP contribution >= 0.6 is 0 Å². The van der Waals surface area contributed by atoms with Crippen LogP contribution in [0.4, 0.5) is 0 Å². The van der Waals surface area contributed by atoms with Crippen molar-refractivity contribution in [3.05, 3.63) is 24.2 Å². The molecule has 0 aliphatic carbocycles. The van der Waals surface area contributed by atoms with Gasteiger partial charge in [-0.15, -0.1) is 0 Å². The summed E-state index contributed by atoms with van der Waals surface area (Å²) in [5, 5.41) is 13.8. The van der Waals surface area contributed by atoms with Crippen LogP contribution in [0, 0.1) is 0 Å². The lowest BCUT2D eigenvalue weighted by molar-refractivity contribution is -0.123. The molecule has 1 heterocycles. The summed E-state index contributed by atoms with van der Waals surface area (Å²) in [5.74, 6) is -0.652. The summed E-state index contributed by atoms with van der Waals surface area (Å²) in [6.45, 7) is 3.07. The highest BCUT2D eigenvalue weighted by Gasteiger charge is 2.18. The molecule has 1 aromatic rings. The van der Waals surface area contributed by atoms with Crippen LogP contribution in [-0.2, 0) is 4.79 Å². The summed E-state index contributed by atoms with van der Waals surface area (Å²) >= 11 is 0. The van der Waals surface area contributed by atoms with Gasteiger partial charge in [-0.05, 0) is 26.0 Å². The van der Waals surface area contributed by atoms with E-state index < -0.39 is 11.9 Å². The number of amides is 2. The van der Waals surface area contributed by atoms with E-state index in [1.807, 2.05) is 0 Å². The van der Waals surface area contributed by atoms with Gasteiger partial charge < -0.3 is 20.2 Å². The van der Waals surface area contributed by atoms with Crippen LogP contribution in [0.5, 0.6) is 0 Å². The number of aliphatic hydroxyl groups excluding tert-OH is 1. The highest BCUT2D eigenvalue weighted by Crippen LogP contribution is 2.00. The maximum absolute atomic E-state index is 11.5. The van der Waals surface area contributed by atoms with Gasteiger partial charge in [0, 0.05) is 6.04 Å². The van der Waals surface area contributed by atoms with Gasteiger partial charge in [0.05, 0.1) is 12.9 Å². The Hall–Kier alpha value is -1.82. The smallest absolute Gasteiger partial charge is 0.287 e. The van der Waals surface area contributed by atoms with Crippen LogP contribution in [0.3, 0.4) is 0 Å². The Bertz CT molecular complexity index is 375. The molecule has 0 aliphatic rings. The number of hydrogen-bond acceptors (Lipinski definition) is 4. The zero-order valence-corrected chi connectivity index (χ0v) is 9.77. The van der Waals surface area contributed by atoms with Gasteiger partial charge in [0.2, 0.25) is 5.91 Å². The summed E-state index contributed by atoms with van der Waals surface area (Å²) in [4.78, 5) is 23.1. The van der Waals surface area contributed by atoms with Crippen LogP contribution in [0.1, 0.15) is 24.4 Å². The molecule has 6 nitrogen and oxygen atoms in total. The zero-order chi connectivity index (χ0) is 12.8. The molecule has 0 spiro atoms. The first kappa shape index (κ1) is 13.2. The third-order valence-corrected chi connectivity index (χ3v) is 2.15. The van der Waals surface area contributed by atoms with Gasteiger partial charge in [0.25, 0.3) is 5.91 Å². The fourth-order valence-corrected chi connectivity index (χ4v) is 1.15. The summed E-state index contributed by atoms with van der Waals surface area (Å²) in [6, 6.07) is 2.07. The normalized spacial score (nSPS) is 13.8. The highest BCUT2D eigenvalue weighted by molar-refractivity contribution is 5.95. The SMILES string of the molecule is CC(CO)NC(=O)C(C)NC(=O)c1ccco1. The average Bonchev–Trinajstić information content (AvgIpc) is 2.82. The summed E-state index contributed by atoms with van der Waals surface area (Å²) in [7, 11) is 0. The van der Waals surface area contributed by atoms with E-state index in [-0.39, 0.29) is 24.3 Å². The minimum Gasteiger partial charge on any atom is -0.459 e. The van der Waals surface area contributed by atoms with E-state index in [2.05, 4.69) is 10.6 Å². The predicted molar refractivity (Wildman–Crippen MR) is 60.3 cm³/mol. The quantitative estimate of drug-likeness (QED) is 0.670. The fourth-order valence-electron chi connectivity index (χ4n) is 1.15. The zero-order valence-electron chi connectivity index (χ0n) is 9.77. The molecule has 2 amide bonds. The van der Waals surface area contributed by atoms with Crippen molar-refractivity contribution in [2.24, 2.45) is 0 Å². The van der Waals surface area contributed by atoms with E-state index in [1.165, 1.54) is 12.3 Å². The summed E-state index contributed by atoms with van der Waals surface area (Å²) in [5.41, 5.74) is 0. The van der Waals surface area contributed by atoms with Gasteiger partial charge >= 0.3 is 0 Å². The Morgan fingerprint density at radius 1 is 1.41 bits per heavy atom. The first-order valence-electron chi connectivity index (χ1n) is 5.30. The topological polar surface area (TPSA) is 91.6 Å². The summed E-state index contributed by atoms with van der Waals surface area (Å²) in [6.07, 6.45) is 1.38. The second kappa shape index (κ2) is 6.05. The van der Waals surface area contributed by atoms with Gasteiger partial charge in [-0.2, -0.15) is 0 Å². The Morgan fingerprint density at radius 2 is 2.12 bits per heavy atom. The molecule has 0 aliphatic heterocycles. The van der Waals surface area contributed by atoms with E-state index in [9.17, 15) is 9.59 Å². The lowest BCUT2D eigenvalue weighted by atomic mass is 10.2. The van der Waals surface area contributed by atoms with Crippen LogP contribution < -0.4 is 10.6 Å². The molecule has 17 heavy (non-hydrogen) atoms. The monoisotopic (exact) mass is 240 g/mol. The van der Waals surface area contributed by atoms with Crippen molar-refractivity contribution in [1.82, 2.24) is 10.6 Å². The van der Waals surface area contributed by atoms with E-state index in [1.54, 1.807) is 19.9 Å². The van der Waals surface area contributed by atoms with Crippen molar-refractivity contribution in [3.63, 3.8) is 0 Å². The first-order chi connectivity index (χ1) is 8.04. The molecule has 3 N–H and O–H groups in total. The van der Waals surface area contributed by atoms with Crippen LogP contribution in [-0.4, -0.2) is 35.6 Å². The maximum atomic E-state index is 11.5. The largest absolute Gasteiger partial charge is 0.459 e. The molecule has 94 valence electrons. The fraction of sp³-hybridized carbons (Fsp3) is 0.455. The molecule has 0 radical (unpaired) electrons. The molecular weight excluding hydrogens is 224 g/mol. The van der Waals surface area contributed by atoms with Crippen LogP contribution in [0.15, 0.2) is 22.8 Å². The third kappa shape index (κ3) is 3.92. The Morgan fingerprint density at radius 3 is 2.65 bits per heavy atom. The number of rotatable bonds is 5. The minimum absolute atomic E-state index is 0.148. The third-order valence-electron chi connectivity index (χ3n) is 2.15. The lowest BCUT2D eigenvalue weighted by Crippen LogP contribution is -2.48. The summed E-state index contributed by atoms with van der Waals surface area (Å²) < 4.78 is 4.89.